The smallest absolute Gasteiger partial charge is 0.133 e. The van der Waals surface area contributed by atoms with Gasteiger partial charge in [-0.15, -0.1) is 0 Å². The molecule has 1 aromatic rings. The van der Waals surface area contributed by atoms with Crippen LogP contribution in [0.15, 0.2) is 22.7 Å². The Morgan fingerprint density at radius 2 is 2.10 bits per heavy atom. The number of methoxy groups -OCH3 is 1. The molecule has 1 aliphatic carbocycles. The fraction of sp³-hybridized carbons (Fsp3) is 0.667. The van der Waals surface area contributed by atoms with Gasteiger partial charge in [-0.2, -0.15) is 0 Å². The highest BCUT2D eigenvalue weighted by Crippen LogP contribution is 2.41. The maximum atomic E-state index is 6.90. The minimum Gasteiger partial charge on any atom is -0.496 e. The van der Waals surface area contributed by atoms with Crippen LogP contribution in [0.4, 0.5) is 0 Å². The normalized spacial score (nSPS) is 29.7. The van der Waals surface area contributed by atoms with E-state index in [1.54, 1.807) is 7.11 Å². The molecule has 2 nitrogen and oxygen atoms in total. The third-order valence-corrected chi connectivity index (χ3v) is 5.61. The van der Waals surface area contributed by atoms with Crippen molar-refractivity contribution in [3.8, 4) is 5.75 Å². The van der Waals surface area contributed by atoms with Crippen molar-refractivity contribution in [1.29, 1.82) is 0 Å². The zero-order chi connectivity index (χ0) is 15.6. The Kier molecular flexibility index (Phi) is 5.37. The summed E-state index contributed by atoms with van der Waals surface area (Å²) in [6.45, 7) is 6.96. The van der Waals surface area contributed by atoms with Crippen molar-refractivity contribution < 1.29 is 4.74 Å². The van der Waals surface area contributed by atoms with Gasteiger partial charge in [-0.05, 0) is 70.6 Å². The number of rotatable bonds is 4. The van der Waals surface area contributed by atoms with Gasteiger partial charge in [0.25, 0.3) is 0 Å². The quantitative estimate of drug-likeness (QED) is 0.844. The number of ether oxygens (including phenoxy) is 1. The van der Waals surface area contributed by atoms with Crippen molar-refractivity contribution in [2.24, 2.45) is 23.5 Å². The van der Waals surface area contributed by atoms with Crippen molar-refractivity contribution in [2.45, 2.75) is 52.0 Å². The number of hydrogen-bond acceptors (Lipinski definition) is 2. The lowest BCUT2D eigenvalue weighted by Gasteiger charge is -2.46. The number of nitrogens with two attached hydrogens (primary N) is 1. The van der Waals surface area contributed by atoms with Crippen LogP contribution >= 0.6 is 15.9 Å². The second-order valence-corrected chi connectivity index (χ2v) is 7.97. The molecule has 0 saturated heterocycles. The summed E-state index contributed by atoms with van der Waals surface area (Å²) < 4.78 is 6.32. The molecule has 0 bridgehead atoms. The van der Waals surface area contributed by atoms with Gasteiger partial charge in [0.1, 0.15) is 5.75 Å². The minimum absolute atomic E-state index is 0.0835. The summed E-state index contributed by atoms with van der Waals surface area (Å²) in [7, 11) is 1.70. The predicted molar refractivity (Wildman–Crippen MR) is 92.7 cm³/mol. The van der Waals surface area contributed by atoms with Crippen LogP contribution in [-0.2, 0) is 6.42 Å². The van der Waals surface area contributed by atoms with Crippen molar-refractivity contribution >= 4 is 15.9 Å². The first-order valence-corrected chi connectivity index (χ1v) is 8.76. The average Bonchev–Trinajstić information content (AvgIpc) is 2.37. The molecule has 3 unspecified atom stereocenters. The van der Waals surface area contributed by atoms with Gasteiger partial charge in [0.05, 0.1) is 11.6 Å². The standard InChI is InChI=1S/C18H28BrNO/c1-12(2)15-7-5-13(3)10-18(15,20)11-14-6-8-17(21-4)16(19)9-14/h6,8-9,12-13,15H,5,7,10-11,20H2,1-4H3. The molecule has 0 aromatic heterocycles. The molecule has 0 spiro atoms. The molecule has 2 rings (SSSR count). The van der Waals surface area contributed by atoms with Gasteiger partial charge in [0, 0.05) is 5.54 Å². The summed E-state index contributed by atoms with van der Waals surface area (Å²) in [6.07, 6.45) is 4.64. The molecule has 0 radical (unpaired) electrons. The van der Waals surface area contributed by atoms with Crippen LogP contribution in [0.25, 0.3) is 0 Å². The second kappa shape index (κ2) is 6.70. The van der Waals surface area contributed by atoms with Gasteiger partial charge in [-0.3, -0.25) is 0 Å². The van der Waals surface area contributed by atoms with Gasteiger partial charge >= 0.3 is 0 Å². The summed E-state index contributed by atoms with van der Waals surface area (Å²) in [6, 6.07) is 6.33. The zero-order valence-corrected chi connectivity index (χ0v) is 15.2. The van der Waals surface area contributed by atoms with Gasteiger partial charge in [0.15, 0.2) is 0 Å². The van der Waals surface area contributed by atoms with Crippen LogP contribution in [0.2, 0.25) is 0 Å². The van der Waals surface area contributed by atoms with E-state index in [2.05, 4.69) is 48.8 Å². The molecule has 0 heterocycles. The minimum atomic E-state index is -0.0835. The van der Waals surface area contributed by atoms with Crippen LogP contribution < -0.4 is 10.5 Å². The van der Waals surface area contributed by atoms with Crippen LogP contribution in [0.5, 0.6) is 5.75 Å². The largest absolute Gasteiger partial charge is 0.496 e. The molecule has 3 heteroatoms. The van der Waals surface area contributed by atoms with Crippen LogP contribution in [0, 0.1) is 17.8 Å². The molecule has 0 aliphatic heterocycles. The third-order valence-electron chi connectivity index (χ3n) is 4.99. The van der Waals surface area contributed by atoms with Crippen LogP contribution in [0.3, 0.4) is 0 Å². The van der Waals surface area contributed by atoms with E-state index >= 15 is 0 Å². The molecule has 0 amide bonds. The fourth-order valence-corrected chi connectivity index (χ4v) is 4.64. The van der Waals surface area contributed by atoms with E-state index in [0.29, 0.717) is 11.8 Å². The maximum Gasteiger partial charge on any atom is 0.133 e. The molecule has 1 aliphatic rings. The summed E-state index contributed by atoms with van der Waals surface area (Å²) in [5.74, 6) is 2.85. The van der Waals surface area contributed by atoms with E-state index in [4.69, 9.17) is 10.5 Å². The van der Waals surface area contributed by atoms with Crippen LogP contribution in [-0.4, -0.2) is 12.6 Å². The summed E-state index contributed by atoms with van der Waals surface area (Å²) in [4.78, 5) is 0. The Balaban J connectivity index is 2.23. The van der Waals surface area contributed by atoms with E-state index < -0.39 is 0 Å². The lowest BCUT2D eigenvalue weighted by molar-refractivity contribution is 0.109. The number of hydrogen-bond donors (Lipinski definition) is 1. The second-order valence-electron chi connectivity index (χ2n) is 7.12. The Morgan fingerprint density at radius 3 is 2.67 bits per heavy atom. The first-order valence-electron chi connectivity index (χ1n) is 7.97. The maximum absolute atomic E-state index is 6.90. The average molecular weight is 354 g/mol. The van der Waals surface area contributed by atoms with Crippen molar-refractivity contribution in [3.63, 3.8) is 0 Å². The molecular formula is C18H28BrNO. The highest BCUT2D eigenvalue weighted by molar-refractivity contribution is 9.10. The monoisotopic (exact) mass is 353 g/mol. The molecule has 2 N–H and O–H groups in total. The van der Waals surface area contributed by atoms with Crippen molar-refractivity contribution in [3.05, 3.63) is 28.2 Å². The van der Waals surface area contributed by atoms with E-state index in [9.17, 15) is 0 Å². The topological polar surface area (TPSA) is 35.2 Å². The Morgan fingerprint density at radius 1 is 1.38 bits per heavy atom. The highest BCUT2D eigenvalue weighted by atomic mass is 79.9. The van der Waals surface area contributed by atoms with E-state index in [1.165, 1.54) is 18.4 Å². The lowest BCUT2D eigenvalue weighted by Crippen LogP contribution is -2.54. The van der Waals surface area contributed by atoms with E-state index in [-0.39, 0.29) is 5.54 Å². The molecule has 118 valence electrons. The predicted octanol–water partition coefficient (Wildman–Crippen LogP) is 4.79. The molecule has 1 fully saturated rings. The van der Waals surface area contributed by atoms with Gasteiger partial charge in [-0.25, -0.2) is 0 Å². The number of benzene rings is 1. The summed E-state index contributed by atoms with van der Waals surface area (Å²) >= 11 is 3.58. The molecule has 3 atom stereocenters. The summed E-state index contributed by atoms with van der Waals surface area (Å²) in [5.41, 5.74) is 8.11. The van der Waals surface area contributed by atoms with Gasteiger partial charge in [-0.1, -0.05) is 33.3 Å². The van der Waals surface area contributed by atoms with E-state index in [1.807, 2.05) is 6.07 Å². The highest BCUT2D eigenvalue weighted by Gasteiger charge is 2.41. The van der Waals surface area contributed by atoms with Gasteiger partial charge < -0.3 is 10.5 Å². The first-order chi connectivity index (χ1) is 9.85. The third kappa shape index (κ3) is 3.81. The first kappa shape index (κ1) is 16.8. The molecule has 1 saturated carbocycles. The summed E-state index contributed by atoms with van der Waals surface area (Å²) in [5, 5.41) is 0. The van der Waals surface area contributed by atoms with Crippen LogP contribution in [0.1, 0.15) is 45.6 Å². The Labute approximate surface area is 137 Å². The van der Waals surface area contributed by atoms with Gasteiger partial charge in [0.2, 0.25) is 0 Å². The van der Waals surface area contributed by atoms with Crippen molar-refractivity contribution in [2.75, 3.05) is 7.11 Å². The molecule has 1 aromatic carbocycles. The van der Waals surface area contributed by atoms with E-state index in [0.717, 1.165) is 29.0 Å². The fourth-order valence-electron chi connectivity index (χ4n) is 4.05. The zero-order valence-electron chi connectivity index (χ0n) is 13.7. The Bertz CT molecular complexity index is 488. The molecule has 21 heavy (non-hydrogen) atoms. The van der Waals surface area contributed by atoms with Crippen molar-refractivity contribution in [1.82, 2.24) is 0 Å². The SMILES string of the molecule is COc1ccc(CC2(N)CC(C)CCC2C(C)C)cc1Br. The molecular weight excluding hydrogens is 326 g/mol. The lowest BCUT2D eigenvalue weighted by atomic mass is 9.63. The Hall–Kier alpha value is -0.540. The number of halogens is 1.